The molecule has 0 amide bonds. The Labute approximate surface area is 149 Å². The summed E-state index contributed by atoms with van der Waals surface area (Å²) in [5.74, 6) is 0. The molecular formula is C19H15N5O2. The van der Waals surface area contributed by atoms with Gasteiger partial charge in [-0.15, -0.1) is 0 Å². The lowest BCUT2D eigenvalue weighted by atomic mass is 9.98. The maximum absolute atomic E-state index is 10.9. The number of carbonyl (C=O) groups is 1. The van der Waals surface area contributed by atoms with Crippen molar-refractivity contribution < 1.29 is 9.53 Å². The number of nitriles is 2. The van der Waals surface area contributed by atoms with Gasteiger partial charge in [0.25, 0.3) is 6.47 Å². The number of aromatic amines is 1. The second-order valence-electron chi connectivity index (χ2n) is 5.98. The number of carbonyl (C=O) groups excluding carboxylic acids is 1. The van der Waals surface area contributed by atoms with Crippen LogP contribution in [0.1, 0.15) is 27.9 Å². The van der Waals surface area contributed by atoms with Crippen LogP contribution in [-0.2, 0) is 22.4 Å². The Morgan fingerprint density at radius 2 is 2.08 bits per heavy atom. The SMILES string of the molecule is Cc1cnc2c(C#N)cc(CC(Cc3cn[nH]c3C#N)OC=O)cc2c1. The van der Waals surface area contributed by atoms with Crippen LogP contribution >= 0.6 is 0 Å². The normalized spacial score (nSPS) is 11.5. The Kier molecular flexibility index (Phi) is 4.91. The minimum Gasteiger partial charge on any atom is -0.464 e. The number of hydrogen-bond donors (Lipinski definition) is 1. The molecule has 1 unspecified atom stereocenters. The van der Waals surface area contributed by atoms with Crippen LogP contribution < -0.4 is 0 Å². The summed E-state index contributed by atoms with van der Waals surface area (Å²) in [6.07, 6.45) is 3.56. The molecule has 2 aromatic heterocycles. The summed E-state index contributed by atoms with van der Waals surface area (Å²) in [5, 5.41) is 25.8. The Morgan fingerprint density at radius 1 is 1.23 bits per heavy atom. The first kappa shape index (κ1) is 17.1. The van der Waals surface area contributed by atoms with Crippen LogP contribution in [0.2, 0.25) is 0 Å². The van der Waals surface area contributed by atoms with Gasteiger partial charge in [0, 0.05) is 30.0 Å². The molecule has 26 heavy (non-hydrogen) atoms. The van der Waals surface area contributed by atoms with Crippen molar-refractivity contribution in [2.45, 2.75) is 25.9 Å². The summed E-state index contributed by atoms with van der Waals surface area (Å²) in [5.41, 5.74) is 4.00. The van der Waals surface area contributed by atoms with Gasteiger partial charge < -0.3 is 4.74 Å². The number of H-pyrrole nitrogens is 1. The van der Waals surface area contributed by atoms with Gasteiger partial charge in [0.15, 0.2) is 0 Å². The lowest BCUT2D eigenvalue weighted by Gasteiger charge is -2.15. The number of fused-ring (bicyclic) bond motifs is 1. The molecule has 2 heterocycles. The monoisotopic (exact) mass is 345 g/mol. The lowest BCUT2D eigenvalue weighted by Crippen LogP contribution is -2.19. The average molecular weight is 345 g/mol. The third-order valence-electron chi connectivity index (χ3n) is 4.09. The maximum Gasteiger partial charge on any atom is 0.293 e. The van der Waals surface area contributed by atoms with Crippen LogP contribution in [0.15, 0.2) is 30.6 Å². The fourth-order valence-corrected chi connectivity index (χ4v) is 2.94. The van der Waals surface area contributed by atoms with Crippen LogP contribution in [0.25, 0.3) is 10.9 Å². The predicted molar refractivity (Wildman–Crippen MR) is 92.8 cm³/mol. The quantitative estimate of drug-likeness (QED) is 0.686. The average Bonchev–Trinajstić information content (AvgIpc) is 3.08. The van der Waals surface area contributed by atoms with Gasteiger partial charge in [-0.1, -0.05) is 0 Å². The van der Waals surface area contributed by atoms with E-state index in [0.29, 0.717) is 41.7 Å². The Bertz CT molecular complexity index is 1040. The molecule has 0 aliphatic heterocycles. The molecule has 0 aliphatic rings. The maximum atomic E-state index is 10.9. The van der Waals surface area contributed by atoms with Crippen LogP contribution in [0, 0.1) is 29.6 Å². The number of benzene rings is 1. The molecule has 1 atom stereocenters. The molecule has 0 radical (unpaired) electrons. The van der Waals surface area contributed by atoms with Gasteiger partial charge in [0.2, 0.25) is 0 Å². The summed E-state index contributed by atoms with van der Waals surface area (Å²) in [6, 6.07) is 9.85. The zero-order valence-corrected chi connectivity index (χ0v) is 14.1. The van der Waals surface area contributed by atoms with Gasteiger partial charge in [0.1, 0.15) is 23.9 Å². The Balaban J connectivity index is 1.93. The molecular weight excluding hydrogens is 330 g/mol. The Hall–Kier alpha value is -3.71. The summed E-state index contributed by atoms with van der Waals surface area (Å²) < 4.78 is 5.20. The van der Waals surface area contributed by atoms with Gasteiger partial charge in [-0.05, 0) is 36.2 Å². The fourth-order valence-electron chi connectivity index (χ4n) is 2.94. The summed E-state index contributed by atoms with van der Waals surface area (Å²) in [6.45, 7) is 2.33. The summed E-state index contributed by atoms with van der Waals surface area (Å²) >= 11 is 0. The highest BCUT2D eigenvalue weighted by atomic mass is 16.5. The van der Waals surface area contributed by atoms with Crippen LogP contribution in [0.3, 0.4) is 0 Å². The molecule has 0 bridgehead atoms. The van der Waals surface area contributed by atoms with Crippen molar-refractivity contribution in [3.05, 3.63) is 58.5 Å². The van der Waals surface area contributed by atoms with E-state index in [9.17, 15) is 10.1 Å². The largest absolute Gasteiger partial charge is 0.464 e. The number of ether oxygens (including phenoxy) is 1. The highest BCUT2D eigenvalue weighted by molar-refractivity contribution is 5.85. The third-order valence-corrected chi connectivity index (χ3v) is 4.09. The van der Waals surface area contributed by atoms with Crippen LogP contribution in [0.4, 0.5) is 0 Å². The van der Waals surface area contributed by atoms with Crippen molar-refractivity contribution in [3.63, 3.8) is 0 Å². The fraction of sp³-hybridized carbons (Fsp3) is 0.211. The summed E-state index contributed by atoms with van der Waals surface area (Å²) in [7, 11) is 0. The van der Waals surface area contributed by atoms with Gasteiger partial charge in [-0.25, -0.2) is 0 Å². The molecule has 0 saturated carbocycles. The second kappa shape index (κ2) is 7.45. The molecule has 7 heteroatoms. The highest BCUT2D eigenvalue weighted by Crippen LogP contribution is 2.22. The van der Waals surface area contributed by atoms with E-state index < -0.39 is 6.10 Å². The van der Waals surface area contributed by atoms with E-state index in [2.05, 4.69) is 21.3 Å². The van der Waals surface area contributed by atoms with E-state index in [-0.39, 0.29) is 0 Å². The second-order valence-corrected chi connectivity index (χ2v) is 5.98. The molecule has 0 saturated heterocycles. The number of aryl methyl sites for hydroxylation is 1. The first-order valence-electron chi connectivity index (χ1n) is 7.95. The van der Waals surface area contributed by atoms with Gasteiger partial charge >= 0.3 is 0 Å². The Morgan fingerprint density at radius 3 is 2.81 bits per heavy atom. The minimum atomic E-state index is -0.473. The molecule has 0 fully saturated rings. The van der Waals surface area contributed by atoms with Gasteiger partial charge in [-0.3, -0.25) is 14.9 Å². The van der Waals surface area contributed by atoms with Crippen molar-refractivity contribution in [1.82, 2.24) is 15.2 Å². The van der Waals surface area contributed by atoms with E-state index in [4.69, 9.17) is 10.00 Å². The van der Waals surface area contributed by atoms with E-state index in [1.165, 1.54) is 0 Å². The zero-order valence-electron chi connectivity index (χ0n) is 14.1. The standard InChI is InChI=1S/C19H15N5O2/c1-12-2-14-3-13(4-15(7-20)19(14)22-9-12)5-17(26-11-25)6-16-10-23-24-18(16)8-21/h2-4,9-11,17H,5-6H2,1H3,(H,23,24). The van der Waals surface area contributed by atoms with Crippen molar-refractivity contribution in [2.75, 3.05) is 0 Å². The number of nitrogens with zero attached hydrogens (tertiary/aromatic N) is 4. The number of nitrogens with one attached hydrogen (secondary N) is 1. The molecule has 0 spiro atoms. The van der Waals surface area contributed by atoms with Crippen LogP contribution in [-0.4, -0.2) is 27.8 Å². The zero-order chi connectivity index (χ0) is 18.5. The molecule has 1 aromatic carbocycles. The van der Waals surface area contributed by atoms with E-state index in [1.807, 2.05) is 25.1 Å². The van der Waals surface area contributed by atoms with Crippen molar-refractivity contribution in [3.8, 4) is 12.1 Å². The van der Waals surface area contributed by atoms with Gasteiger partial charge in [-0.2, -0.15) is 15.6 Å². The summed E-state index contributed by atoms with van der Waals surface area (Å²) in [4.78, 5) is 15.2. The van der Waals surface area contributed by atoms with Crippen molar-refractivity contribution >= 4 is 17.4 Å². The number of aromatic nitrogens is 3. The van der Waals surface area contributed by atoms with E-state index in [0.717, 1.165) is 16.5 Å². The van der Waals surface area contributed by atoms with Crippen LogP contribution in [0.5, 0.6) is 0 Å². The molecule has 0 aliphatic carbocycles. The van der Waals surface area contributed by atoms with Crippen molar-refractivity contribution in [2.24, 2.45) is 0 Å². The van der Waals surface area contributed by atoms with E-state index >= 15 is 0 Å². The predicted octanol–water partition coefficient (Wildman–Crippen LogP) is 2.34. The molecule has 3 aromatic rings. The first-order chi connectivity index (χ1) is 12.6. The van der Waals surface area contributed by atoms with E-state index in [1.54, 1.807) is 18.5 Å². The first-order valence-corrected chi connectivity index (χ1v) is 7.95. The molecule has 7 nitrogen and oxygen atoms in total. The molecule has 1 N–H and O–H groups in total. The molecule has 128 valence electrons. The third kappa shape index (κ3) is 3.52. The van der Waals surface area contributed by atoms with Gasteiger partial charge in [0.05, 0.1) is 17.3 Å². The number of pyridine rings is 1. The smallest absolute Gasteiger partial charge is 0.293 e. The number of rotatable bonds is 6. The number of hydrogen-bond acceptors (Lipinski definition) is 6. The lowest BCUT2D eigenvalue weighted by molar-refractivity contribution is -0.133. The van der Waals surface area contributed by atoms with Crippen molar-refractivity contribution in [1.29, 1.82) is 10.5 Å². The topological polar surface area (TPSA) is 115 Å². The highest BCUT2D eigenvalue weighted by Gasteiger charge is 2.17. The minimum absolute atomic E-state index is 0.348. The molecule has 3 rings (SSSR count).